The number of carbonyl (C=O) groups excluding carboxylic acids is 1. The predicted molar refractivity (Wildman–Crippen MR) is 117 cm³/mol. The second-order valence-corrected chi connectivity index (χ2v) is 9.86. The molecule has 2 aliphatic rings. The molecule has 1 saturated heterocycles. The summed E-state index contributed by atoms with van der Waals surface area (Å²) >= 11 is 0. The number of hydrogen-bond donors (Lipinski definition) is 0. The van der Waals surface area contributed by atoms with Crippen molar-refractivity contribution in [2.45, 2.75) is 69.4 Å². The van der Waals surface area contributed by atoms with Gasteiger partial charge in [-0.3, -0.25) is 9.88 Å². The van der Waals surface area contributed by atoms with Gasteiger partial charge in [-0.15, -0.1) is 0 Å². The third-order valence-electron chi connectivity index (χ3n) is 7.47. The summed E-state index contributed by atoms with van der Waals surface area (Å²) in [6, 6.07) is 6.54. The normalized spacial score (nSPS) is 22.1. The molecule has 11 heteroatoms. The van der Waals surface area contributed by atoms with Crippen LogP contribution in [0.2, 0.25) is 0 Å². The Morgan fingerprint density at radius 2 is 1.65 bits per heavy atom. The van der Waals surface area contributed by atoms with Crippen LogP contribution in [0.4, 0.5) is 26.3 Å². The molecule has 1 aromatic heterocycles. The van der Waals surface area contributed by atoms with Gasteiger partial charge in [0.1, 0.15) is 5.69 Å². The molecule has 1 aliphatic carbocycles. The molecule has 0 unspecified atom stereocenters. The molecule has 0 N–H and O–H groups in total. The zero-order valence-corrected chi connectivity index (χ0v) is 22.5. The van der Waals surface area contributed by atoms with E-state index >= 15 is 0 Å². The van der Waals surface area contributed by atoms with Crippen molar-refractivity contribution in [3.05, 3.63) is 65.0 Å². The smallest absolute Gasteiger partial charge is 0.550 e. The molecule has 1 aromatic carbocycles. The molecular formula is C26H27F6N2NaO2. The van der Waals surface area contributed by atoms with Gasteiger partial charge >= 0.3 is 41.9 Å². The van der Waals surface area contributed by atoms with Gasteiger partial charge in [0.2, 0.25) is 0 Å². The summed E-state index contributed by atoms with van der Waals surface area (Å²) in [7, 11) is 0. The van der Waals surface area contributed by atoms with Crippen molar-refractivity contribution >= 4 is 5.97 Å². The van der Waals surface area contributed by atoms with E-state index in [0.29, 0.717) is 42.9 Å². The Hall–Kier alpha value is -1.62. The fourth-order valence-electron chi connectivity index (χ4n) is 5.35. The second-order valence-electron chi connectivity index (χ2n) is 9.86. The van der Waals surface area contributed by atoms with Gasteiger partial charge in [-0.25, -0.2) is 0 Å². The number of aromatic nitrogens is 1. The number of piperidine rings is 1. The molecule has 2 fully saturated rings. The van der Waals surface area contributed by atoms with Gasteiger partial charge < -0.3 is 9.90 Å². The third-order valence-corrected chi connectivity index (χ3v) is 7.47. The van der Waals surface area contributed by atoms with Crippen molar-refractivity contribution in [3.63, 3.8) is 0 Å². The van der Waals surface area contributed by atoms with Crippen LogP contribution in [-0.2, 0) is 17.1 Å². The number of halogens is 6. The summed E-state index contributed by atoms with van der Waals surface area (Å²) in [6.07, 6.45) is -3.23. The predicted octanol–water partition coefficient (Wildman–Crippen LogP) is 2.95. The molecule has 0 bridgehead atoms. The van der Waals surface area contributed by atoms with Crippen molar-refractivity contribution in [2.24, 2.45) is 11.8 Å². The maximum atomic E-state index is 13.1. The zero-order chi connectivity index (χ0) is 26.1. The van der Waals surface area contributed by atoms with Crippen molar-refractivity contribution < 1.29 is 65.8 Å². The molecule has 4 rings (SSSR count). The summed E-state index contributed by atoms with van der Waals surface area (Å²) in [4.78, 5) is 17.0. The van der Waals surface area contributed by atoms with Gasteiger partial charge in [0, 0.05) is 24.2 Å². The fourth-order valence-corrected chi connectivity index (χ4v) is 5.35. The number of carbonyl (C=O) groups is 1. The van der Waals surface area contributed by atoms with E-state index in [1.54, 1.807) is 0 Å². The van der Waals surface area contributed by atoms with E-state index in [-0.39, 0.29) is 47.9 Å². The van der Waals surface area contributed by atoms with E-state index < -0.39 is 35.6 Å². The quantitative estimate of drug-likeness (QED) is 0.404. The summed E-state index contributed by atoms with van der Waals surface area (Å²) in [5.74, 6) is -1.00. The number of benzene rings is 1. The Balaban J connectivity index is 0.00000380. The molecule has 0 amide bonds. The Morgan fingerprint density at radius 1 is 0.973 bits per heavy atom. The average Bonchev–Trinajstić information content (AvgIpc) is 2.77. The first-order valence-electron chi connectivity index (χ1n) is 12.1. The van der Waals surface area contributed by atoms with Gasteiger partial charge in [-0.2, -0.15) is 26.3 Å². The third kappa shape index (κ3) is 7.49. The first-order chi connectivity index (χ1) is 16.9. The monoisotopic (exact) mass is 536 g/mol. The summed E-state index contributed by atoms with van der Waals surface area (Å²) < 4.78 is 78.7. The number of pyridine rings is 1. The van der Waals surface area contributed by atoms with Gasteiger partial charge in [0.15, 0.2) is 0 Å². The minimum absolute atomic E-state index is 0. The Bertz CT molecular complexity index is 1040. The van der Waals surface area contributed by atoms with Gasteiger partial charge in [-0.05, 0) is 73.4 Å². The van der Waals surface area contributed by atoms with Crippen LogP contribution in [0, 0.1) is 11.8 Å². The van der Waals surface area contributed by atoms with Crippen LogP contribution in [0.15, 0.2) is 42.6 Å². The second kappa shape index (κ2) is 12.1. The molecule has 1 aliphatic heterocycles. The molecule has 1 saturated carbocycles. The maximum absolute atomic E-state index is 13.1. The topological polar surface area (TPSA) is 56.3 Å². The Kier molecular flexibility index (Phi) is 9.75. The summed E-state index contributed by atoms with van der Waals surface area (Å²) in [5.41, 5.74) is -0.534. The zero-order valence-electron chi connectivity index (χ0n) is 20.5. The summed E-state index contributed by atoms with van der Waals surface area (Å²) in [5, 5.41) is 11.3. The molecule has 3 atom stereocenters. The van der Waals surface area contributed by atoms with Crippen LogP contribution >= 0.6 is 0 Å². The van der Waals surface area contributed by atoms with Crippen molar-refractivity contribution in [3.8, 4) is 0 Å². The largest absolute Gasteiger partial charge is 1.00 e. The van der Waals surface area contributed by atoms with E-state index in [0.717, 1.165) is 37.5 Å². The van der Waals surface area contributed by atoms with Crippen LogP contribution in [-0.4, -0.2) is 22.4 Å². The maximum Gasteiger partial charge on any atom is 1.00 e. The first kappa shape index (κ1) is 29.9. The molecule has 4 nitrogen and oxygen atoms in total. The molecule has 37 heavy (non-hydrogen) atoms. The fraction of sp³-hybridized carbons (Fsp3) is 0.538. The Morgan fingerprint density at radius 3 is 2.14 bits per heavy atom. The van der Waals surface area contributed by atoms with Gasteiger partial charge in [0.25, 0.3) is 0 Å². The van der Waals surface area contributed by atoms with Gasteiger partial charge in [-0.1, -0.05) is 37.5 Å². The van der Waals surface area contributed by atoms with Crippen LogP contribution in [0.5, 0.6) is 0 Å². The van der Waals surface area contributed by atoms with E-state index in [1.165, 1.54) is 24.4 Å². The van der Waals surface area contributed by atoms with E-state index in [1.807, 2.05) is 0 Å². The Labute approximate surface area is 233 Å². The molecule has 2 heterocycles. The van der Waals surface area contributed by atoms with E-state index in [9.17, 15) is 36.2 Å². The number of alkyl halides is 6. The van der Waals surface area contributed by atoms with Gasteiger partial charge in [0.05, 0.1) is 5.56 Å². The molecule has 0 spiro atoms. The number of hydrogen-bond acceptors (Lipinski definition) is 4. The van der Waals surface area contributed by atoms with Crippen molar-refractivity contribution in [1.82, 2.24) is 9.88 Å². The number of rotatable bonds is 7. The minimum Gasteiger partial charge on any atom is -0.550 e. The van der Waals surface area contributed by atoms with E-state index in [4.69, 9.17) is 0 Å². The molecular weight excluding hydrogens is 509 g/mol. The SMILES string of the molecule is O=C([O-])C[C@@H]1CCN([C@H](CC2CCC2)c2ccc(C(F)(F)F)nc2)[C@H](c2ccc(C(F)(F)F)cc2)C1.[Na+]. The van der Waals surface area contributed by atoms with Crippen LogP contribution in [0.25, 0.3) is 0 Å². The molecule has 196 valence electrons. The number of likely N-dealkylation sites (tertiary alicyclic amines) is 1. The van der Waals surface area contributed by atoms with E-state index in [2.05, 4.69) is 9.88 Å². The standard InChI is InChI=1S/C26H28F6N2O2.Na/c27-25(28,29)20-7-4-18(5-8-20)21-13-17(14-24(35)36)10-11-34(21)22(12-16-2-1-3-16)19-6-9-23(33-15-19)26(30,31)32;/h4-9,15-17,21-22H,1-3,10-14H2,(H,35,36);/q;+1/p-1/t17-,21+,22-;/m1./s1. The van der Waals surface area contributed by atoms with Crippen LogP contribution < -0.4 is 34.7 Å². The number of carboxylic acids is 1. The van der Waals surface area contributed by atoms with Crippen LogP contribution in [0.1, 0.15) is 79.4 Å². The number of aliphatic carboxylic acids is 1. The number of nitrogens with zero attached hydrogens (tertiary/aromatic N) is 2. The van der Waals surface area contributed by atoms with Crippen molar-refractivity contribution in [1.29, 1.82) is 0 Å². The average molecular weight is 536 g/mol. The first-order valence-corrected chi connectivity index (χ1v) is 12.1. The molecule has 2 aromatic rings. The molecule has 0 radical (unpaired) electrons. The number of carboxylic acid groups (broad SMARTS) is 1. The summed E-state index contributed by atoms with van der Waals surface area (Å²) in [6.45, 7) is 0.460. The van der Waals surface area contributed by atoms with Crippen LogP contribution in [0.3, 0.4) is 0 Å². The van der Waals surface area contributed by atoms with Crippen molar-refractivity contribution in [2.75, 3.05) is 6.54 Å². The minimum atomic E-state index is -4.56.